The van der Waals surface area contributed by atoms with Crippen molar-refractivity contribution in [1.29, 1.82) is 0 Å². The minimum atomic E-state index is -4.52. The van der Waals surface area contributed by atoms with Crippen LogP contribution in [0.25, 0.3) is 0 Å². The van der Waals surface area contributed by atoms with Crippen LogP contribution in [0, 0.1) is 5.41 Å². The molecule has 1 aromatic heterocycles. The zero-order chi connectivity index (χ0) is 17.8. The van der Waals surface area contributed by atoms with Crippen molar-refractivity contribution >= 4 is 5.91 Å². The number of hydrogen-bond donors (Lipinski definition) is 1. The third-order valence-electron chi connectivity index (χ3n) is 4.18. The predicted molar refractivity (Wildman–Crippen MR) is 80.9 cm³/mol. The highest BCUT2D eigenvalue weighted by Crippen LogP contribution is 2.48. The molecule has 1 N–H and O–H groups in total. The number of halogens is 3. The molecule has 0 aliphatic heterocycles. The molecule has 0 radical (unpaired) electrons. The first kappa shape index (κ1) is 18.5. The zero-order valence-electron chi connectivity index (χ0n) is 13.7. The van der Waals surface area contributed by atoms with Crippen molar-refractivity contribution in [2.24, 2.45) is 5.41 Å². The largest absolute Gasteiger partial charge is 0.464 e. The van der Waals surface area contributed by atoms with Crippen LogP contribution in [-0.2, 0) is 4.74 Å². The van der Waals surface area contributed by atoms with Crippen LogP contribution in [0.2, 0.25) is 0 Å². The smallest absolute Gasteiger partial charge is 0.425 e. The summed E-state index contributed by atoms with van der Waals surface area (Å²) in [6.45, 7) is 1.94. The van der Waals surface area contributed by atoms with Gasteiger partial charge in [-0.05, 0) is 43.7 Å². The lowest BCUT2D eigenvalue weighted by Crippen LogP contribution is -2.34. The van der Waals surface area contributed by atoms with Gasteiger partial charge in [0, 0.05) is 26.5 Å². The minimum Gasteiger partial charge on any atom is -0.464 e. The monoisotopic (exact) mass is 346 g/mol. The van der Waals surface area contributed by atoms with Gasteiger partial charge in [0.1, 0.15) is 5.56 Å². The van der Waals surface area contributed by atoms with Gasteiger partial charge in [-0.2, -0.15) is 13.2 Å². The number of methoxy groups -OCH3 is 1. The number of hydrogen-bond acceptors (Lipinski definition) is 4. The van der Waals surface area contributed by atoms with Gasteiger partial charge in [-0.1, -0.05) is 0 Å². The van der Waals surface area contributed by atoms with Crippen molar-refractivity contribution in [2.45, 2.75) is 38.5 Å². The van der Waals surface area contributed by atoms with Crippen molar-refractivity contribution < 1.29 is 27.4 Å². The van der Waals surface area contributed by atoms with Gasteiger partial charge in [0.05, 0.1) is 0 Å². The first-order valence-corrected chi connectivity index (χ1v) is 7.73. The third kappa shape index (κ3) is 4.83. The van der Waals surface area contributed by atoms with E-state index in [1.807, 2.05) is 0 Å². The van der Waals surface area contributed by atoms with E-state index in [-0.39, 0.29) is 16.9 Å². The summed E-state index contributed by atoms with van der Waals surface area (Å²) in [6, 6.07) is 2.88. The van der Waals surface area contributed by atoms with Gasteiger partial charge >= 0.3 is 6.18 Å². The molecule has 1 unspecified atom stereocenters. The molecule has 5 nitrogen and oxygen atoms in total. The van der Waals surface area contributed by atoms with Crippen LogP contribution in [0.5, 0.6) is 5.88 Å². The molecule has 1 aromatic rings. The molecule has 1 aliphatic rings. The van der Waals surface area contributed by atoms with E-state index in [4.69, 9.17) is 9.47 Å². The van der Waals surface area contributed by atoms with Crippen molar-refractivity contribution in [1.82, 2.24) is 10.3 Å². The summed E-state index contributed by atoms with van der Waals surface area (Å²) >= 11 is 0. The number of alkyl halides is 3. The maximum Gasteiger partial charge on any atom is 0.425 e. The number of nitrogens with zero attached hydrogens (tertiary/aromatic N) is 1. The molecular weight excluding hydrogens is 325 g/mol. The van der Waals surface area contributed by atoms with Crippen molar-refractivity contribution in [3.63, 3.8) is 0 Å². The Morgan fingerprint density at radius 1 is 1.46 bits per heavy atom. The Bertz CT molecular complexity index is 574. The van der Waals surface area contributed by atoms with Crippen LogP contribution in [0.4, 0.5) is 13.2 Å². The molecule has 1 fully saturated rings. The van der Waals surface area contributed by atoms with E-state index < -0.39 is 18.2 Å². The Morgan fingerprint density at radius 2 is 2.17 bits per heavy atom. The second-order valence-electron chi connectivity index (χ2n) is 6.08. The molecule has 1 heterocycles. The lowest BCUT2D eigenvalue weighted by atomic mass is 10.0. The van der Waals surface area contributed by atoms with Crippen LogP contribution < -0.4 is 10.1 Å². The molecule has 1 aliphatic carbocycles. The average Bonchev–Trinajstić information content (AvgIpc) is 3.31. The lowest BCUT2D eigenvalue weighted by molar-refractivity contribution is -0.190. The molecule has 0 saturated heterocycles. The van der Waals surface area contributed by atoms with E-state index in [1.165, 1.54) is 18.3 Å². The molecule has 1 atom stereocenters. The van der Waals surface area contributed by atoms with Gasteiger partial charge in [0.25, 0.3) is 5.91 Å². The molecule has 2 rings (SSSR count). The molecule has 24 heavy (non-hydrogen) atoms. The fourth-order valence-corrected chi connectivity index (χ4v) is 2.27. The molecular formula is C16H21F3N2O3. The number of amides is 1. The highest BCUT2D eigenvalue weighted by molar-refractivity contribution is 5.96. The zero-order valence-corrected chi connectivity index (χ0v) is 13.7. The van der Waals surface area contributed by atoms with Crippen molar-refractivity contribution in [3.8, 4) is 5.88 Å². The highest BCUT2D eigenvalue weighted by Gasteiger charge is 2.42. The second-order valence-corrected chi connectivity index (χ2v) is 6.08. The topological polar surface area (TPSA) is 60.5 Å². The predicted octanol–water partition coefficient (Wildman–Crippen LogP) is 2.96. The van der Waals surface area contributed by atoms with Crippen LogP contribution in [-0.4, -0.2) is 43.4 Å². The van der Waals surface area contributed by atoms with Crippen LogP contribution >= 0.6 is 0 Å². The molecule has 0 bridgehead atoms. The van der Waals surface area contributed by atoms with Crippen LogP contribution in [0.15, 0.2) is 18.3 Å². The number of carbonyl (C=O) groups is 1. The third-order valence-corrected chi connectivity index (χ3v) is 4.18. The Hall–Kier alpha value is -1.83. The Labute approximate surface area is 138 Å². The van der Waals surface area contributed by atoms with Crippen molar-refractivity contribution in [3.05, 3.63) is 23.9 Å². The maximum absolute atomic E-state index is 12.6. The summed E-state index contributed by atoms with van der Waals surface area (Å²) in [7, 11) is 1.62. The van der Waals surface area contributed by atoms with E-state index in [0.29, 0.717) is 13.2 Å². The average molecular weight is 346 g/mol. The van der Waals surface area contributed by atoms with Crippen LogP contribution in [0.1, 0.15) is 36.5 Å². The van der Waals surface area contributed by atoms with Gasteiger partial charge in [-0.3, -0.25) is 4.79 Å². The number of pyridine rings is 1. The van der Waals surface area contributed by atoms with E-state index in [9.17, 15) is 18.0 Å². The van der Waals surface area contributed by atoms with E-state index >= 15 is 0 Å². The minimum absolute atomic E-state index is 0.00357. The normalized spacial score (nSPS) is 17.2. The number of nitrogens with one attached hydrogen (secondary N) is 1. The van der Waals surface area contributed by atoms with Gasteiger partial charge in [0.15, 0.2) is 6.10 Å². The second kappa shape index (κ2) is 7.38. The van der Waals surface area contributed by atoms with E-state index in [1.54, 1.807) is 7.11 Å². The fraction of sp³-hybridized carbons (Fsp3) is 0.625. The molecule has 0 spiro atoms. The Kier molecular flexibility index (Phi) is 5.69. The lowest BCUT2D eigenvalue weighted by Gasteiger charge is -2.19. The van der Waals surface area contributed by atoms with Crippen molar-refractivity contribution in [2.75, 3.05) is 20.3 Å². The fourth-order valence-electron chi connectivity index (χ4n) is 2.27. The quantitative estimate of drug-likeness (QED) is 0.786. The molecule has 8 heteroatoms. The first-order valence-electron chi connectivity index (χ1n) is 7.73. The summed E-state index contributed by atoms with van der Waals surface area (Å²) in [5.41, 5.74) is 0.0323. The molecule has 134 valence electrons. The number of rotatable bonds is 8. The standard InChI is InChI=1S/C16H21F3N2O3/c1-11(16(17,18)19)24-14-12(4-3-8-20-14)13(22)21-10-15(5-6-15)7-9-23-2/h3-4,8,11H,5-7,9-10H2,1-2H3,(H,21,22). The molecule has 1 saturated carbocycles. The van der Waals surface area contributed by atoms with Gasteiger partial charge in [-0.25, -0.2) is 4.98 Å². The van der Waals surface area contributed by atoms with Gasteiger partial charge < -0.3 is 14.8 Å². The molecule has 0 aromatic carbocycles. The highest BCUT2D eigenvalue weighted by atomic mass is 19.4. The van der Waals surface area contributed by atoms with Gasteiger partial charge in [0.2, 0.25) is 5.88 Å². The Morgan fingerprint density at radius 3 is 2.75 bits per heavy atom. The summed E-state index contributed by atoms with van der Waals surface area (Å²) in [6.07, 6.45) is -2.45. The van der Waals surface area contributed by atoms with E-state index in [2.05, 4.69) is 10.3 Å². The number of ether oxygens (including phenoxy) is 2. The van der Waals surface area contributed by atoms with E-state index in [0.717, 1.165) is 26.2 Å². The van der Waals surface area contributed by atoms with Crippen LogP contribution in [0.3, 0.4) is 0 Å². The summed E-state index contributed by atoms with van der Waals surface area (Å²) < 4.78 is 47.8. The first-order chi connectivity index (χ1) is 11.3. The maximum atomic E-state index is 12.6. The number of aromatic nitrogens is 1. The van der Waals surface area contributed by atoms with Gasteiger partial charge in [-0.15, -0.1) is 0 Å². The summed E-state index contributed by atoms with van der Waals surface area (Å²) in [5.74, 6) is -0.808. The summed E-state index contributed by atoms with van der Waals surface area (Å²) in [5, 5.41) is 2.77. The summed E-state index contributed by atoms with van der Waals surface area (Å²) in [4.78, 5) is 16.1. The molecule has 1 amide bonds. The SMILES string of the molecule is COCCC1(CNC(=O)c2cccnc2OC(C)C(F)(F)F)CC1. The Balaban J connectivity index is 1.99. The number of carbonyl (C=O) groups excluding carboxylic acids is 1.